The lowest BCUT2D eigenvalue weighted by Crippen LogP contribution is -2.50. The van der Waals surface area contributed by atoms with Gasteiger partial charge in [-0.25, -0.2) is 0 Å². The molecule has 1 aromatic rings. The van der Waals surface area contributed by atoms with Crippen molar-refractivity contribution in [1.29, 1.82) is 0 Å². The van der Waals surface area contributed by atoms with Crippen molar-refractivity contribution < 1.29 is 40.9 Å². The number of hydrogen-bond acceptors (Lipinski definition) is 4. The topological polar surface area (TPSA) is 92.5 Å². The van der Waals surface area contributed by atoms with E-state index in [1.807, 2.05) is 0 Å². The first-order valence-electron chi connectivity index (χ1n) is 8.33. The third kappa shape index (κ3) is 4.12. The molecule has 1 saturated heterocycles. The highest BCUT2D eigenvalue weighted by molar-refractivity contribution is 5.97. The minimum absolute atomic E-state index is 0.127. The first kappa shape index (κ1) is 20.9. The molecule has 7 nitrogen and oxygen atoms in total. The number of piperidine rings is 1. The van der Waals surface area contributed by atoms with E-state index in [-0.39, 0.29) is 31.0 Å². The smallest absolute Gasteiger partial charge is 0.334 e. The van der Waals surface area contributed by atoms with Crippen molar-refractivity contribution in [2.24, 2.45) is 5.92 Å². The SMILES string of the molecule is O=C(Nc1cc2c(cc1[N+](=O)[O-])CC1CC2CN(C(=O)C(F)(F)F)C1)C(F)(F)F. The summed E-state index contributed by atoms with van der Waals surface area (Å²) in [4.78, 5) is 33.7. The van der Waals surface area contributed by atoms with Crippen LogP contribution in [-0.2, 0) is 16.0 Å². The Balaban J connectivity index is 1.97. The Labute approximate surface area is 158 Å². The van der Waals surface area contributed by atoms with E-state index in [1.165, 1.54) is 5.32 Å². The zero-order valence-corrected chi connectivity index (χ0v) is 14.4. The molecule has 2 aliphatic rings. The van der Waals surface area contributed by atoms with Crippen molar-refractivity contribution in [2.75, 3.05) is 18.4 Å². The molecular weight excluding hydrogens is 412 g/mol. The lowest BCUT2D eigenvalue weighted by atomic mass is 9.73. The number of likely N-dealkylation sites (tertiary alicyclic amines) is 1. The molecule has 2 atom stereocenters. The Kier molecular flexibility index (Phi) is 4.95. The van der Waals surface area contributed by atoms with Crippen LogP contribution in [0.2, 0.25) is 0 Å². The van der Waals surface area contributed by atoms with E-state index >= 15 is 0 Å². The van der Waals surface area contributed by atoms with Crippen LogP contribution >= 0.6 is 0 Å². The number of nitro groups is 1. The molecule has 2 amide bonds. The number of anilines is 1. The molecule has 1 fully saturated rings. The first-order chi connectivity index (χ1) is 13.3. The van der Waals surface area contributed by atoms with Gasteiger partial charge in [0.2, 0.25) is 0 Å². The number of rotatable bonds is 2. The summed E-state index contributed by atoms with van der Waals surface area (Å²) >= 11 is 0. The molecule has 1 aliphatic heterocycles. The number of nitrogens with zero attached hydrogens (tertiary/aromatic N) is 2. The van der Waals surface area contributed by atoms with Crippen LogP contribution in [0.1, 0.15) is 23.5 Å². The molecule has 1 N–H and O–H groups in total. The normalized spacial score (nSPS) is 21.4. The minimum atomic E-state index is -5.28. The summed E-state index contributed by atoms with van der Waals surface area (Å²) in [5.74, 6) is -5.44. The lowest BCUT2D eigenvalue weighted by molar-refractivity contribution is -0.384. The summed E-state index contributed by atoms with van der Waals surface area (Å²) in [5.41, 5.74) is -0.760. The van der Waals surface area contributed by atoms with Crippen LogP contribution in [0.5, 0.6) is 0 Å². The van der Waals surface area contributed by atoms with Crippen molar-refractivity contribution in [1.82, 2.24) is 4.90 Å². The Morgan fingerprint density at radius 3 is 2.31 bits per heavy atom. The average Bonchev–Trinajstić information content (AvgIpc) is 2.59. The van der Waals surface area contributed by atoms with Crippen LogP contribution in [0.25, 0.3) is 0 Å². The van der Waals surface area contributed by atoms with E-state index in [2.05, 4.69) is 0 Å². The van der Waals surface area contributed by atoms with Crippen LogP contribution in [0.4, 0.5) is 37.7 Å². The van der Waals surface area contributed by atoms with Gasteiger partial charge >= 0.3 is 24.2 Å². The molecule has 0 radical (unpaired) electrons. The van der Waals surface area contributed by atoms with Crippen LogP contribution in [0.3, 0.4) is 0 Å². The van der Waals surface area contributed by atoms with Gasteiger partial charge < -0.3 is 10.2 Å². The minimum Gasteiger partial charge on any atom is -0.334 e. The van der Waals surface area contributed by atoms with E-state index in [0.717, 1.165) is 12.1 Å². The second kappa shape index (κ2) is 6.88. The fourth-order valence-corrected chi connectivity index (χ4v) is 3.88. The standard InChI is InChI=1S/C16H13F6N3O4/c17-15(18,19)13(26)23-11-4-10-8(3-12(11)25(28)29)1-7-2-9(10)6-24(5-7)14(27)16(20,21)22/h3-4,7,9H,1-2,5-6H2,(H,23,26). The number of nitrogens with one attached hydrogen (secondary N) is 1. The maximum absolute atomic E-state index is 12.7. The van der Waals surface area contributed by atoms with Gasteiger partial charge in [0.1, 0.15) is 5.69 Å². The second-order valence-electron chi connectivity index (χ2n) is 6.99. The van der Waals surface area contributed by atoms with Gasteiger partial charge in [0.15, 0.2) is 0 Å². The van der Waals surface area contributed by atoms with Gasteiger partial charge in [-0.2, -0.15) is 26.3 Å². The number of halogens is 6. The largest absolute Gasteiger partial charge is 0.471 e. The summed E-state index contributed by atoms with van der Waals surface area (Å²) in [6.45, 7) is -0.499. The highest BCUT2D eigenvalue weighted by Gasteiger charge is 2.47. The van der Waals surface area contributed by atoms with Crippen molar-refractivity contribution in [3.63, 3.8) is 0 Å². The zero-order chi connectivity index (χ0) is 21.7. The monoisotopic (exact) mass is 425 g/mol. The predicted molar refractivity (Wildman–Crippen MR) is 85.0 cm³/mol. The number of amides is 2. The van der Waals surface area contributed by atoms with E-state index in [9.17, 15) is 46.0 Å². The number of hydrogen-bond donors (Lipinski definition) is 1. The van der Waals surface area contributed by atoms with Crippen molar-refractivity contribution in [3.05, 3.63) is 33.4 Å². The van der Waals surface area contributed by atoms with Crippen LogP contribution < -0.4 is 5.32 Å². The summed E-state index contributed by atoms with van der Waals surface area (Å²) in [6, 6.07) is 2.02. The maximum Gasteiger partial charge on any atom is 0.471 e. The first-order valence-corrected chi connectivity index (χ1v) is 8.33. The Hall–Kier alpha value is -2.86. The number of carbonyl (C=O) groups excluding carboxylic acids is 2. The van der Waals surface area contributed by atoms with Crippen LogP contribution in [-0.4, -0.2) is 47.1 Å². The van der Waals surface area contributed by atoms with E-state index in [4.69, 9.17) is 0 Å². The number of benzene rings is 1. The second-order valence-corrected chi connectivity index (χ2v) is 6.99. The fraction of sp³-hybridized carbons (Fsp3) is 0.500. The van der Waals surface area contributed by atoms with Gasteiger partial charge in [0.25, 0.3) is 5.69 Å². The summed E-state index contributed by atoms with van der Waals surface area (Å²) in [5, 5.41) is 12.7. The van der Waals surface area contributed by atoms with Gasteiger partial charge in [-0.05, 0) is 36.0 Å². The molecular formula is C16H13F6N3O4. The highest BCUT2D eigenvalue weighted by atomic mass is 19.4. The van der Waals surface area contributed by atoms with Crippen LogP contribution in [0, 0.1) is 16.0 Å². The van der Waals surface area contributed by atoms with Gasteiger partial charge in [-0.3, -0.25) is 19.7 Å². The molecule has 3 rings (SSSR count). The number of nitro benzene ring substituents is 1. The number of carbonyl (C=O) groups is 2. The van der Waals surface area contributed by atoms with Crippen LogP contribution in [0.15, 0.2) is 12.1 Å². The Morgan fingerprint density at radius 2 is 1.76 bits per heavy atom. The molecule has 2 bridgehead atoms. The van der Waals surface area contributed by atoms with E-state index in [0.29, 0.717) is 16.9 Å². The zero-order valence-electron chi connectivity index (χ0n) is 14.4. The van der Waals surface area contributed by atoms with Crippen molar-refractivity contribution in [2.45, 2.75) is 31.1 Å². The van der Waals surface area contributed by atoms with E-state index < -0.39 is 46.4 Å². The van der Waals surface area contributed by atoms with E-state index in [1.54, 1.807) is 0 Å². The summed E-state index contributed by atoms with van der Waals surface area (Å²) in [6.07, 6.45) is -9.84. The third-order valence-corrected chi connectivity index (χ3v) is 4.98. The summed E-state index contributed by atoms with van der Waals surface area (Å²) < 4.78 is 75.8. The molecule has 1 aliphatic carbocycles. The quantitative estimate of drug-likeness (QED) is 0.448. The lowest BCUT2D eigenvalue weighted by Gasteiger charge is -2.42. The van der Waals surface area contributed by atoms with Crippen molar-refractivity contribution >= 4 is 23.2 Å². The van der Waals surface area contributed by atoms with Gasteiger partial charge in [0.05, 0.1) is 4.92 Å². The molecule has 0 aromatic heterocycles. The molecule has 29 heavy (non-hydrogen) atoms. The molecule has 1 heterocycles. The highest BCUT2D eigenvalue weighted by Crippen LogP contribution is 2.43. The Morgan fingerprint density at radius 1 is 1.10 bits per heavy atom. The maximum atomic E-state index is 12.7. The Bertz CT molecular complexity index is 883. The third-order valence-electron chi connectivity index (χ3n) is 4.98. The fourth-order valence-electron chi connectivity index (χ4n) is 3.88. The molecule has 0 saturated carbocycles. The number of fused-ring (bicyclic) bond motifs is 4. The molecule has 2 unspecified atom stereocenters. The molecule has 158 valence electrons. The van der Waals surface area contributed by atoms with Gasteiger partial charge in [0, 0.05) is 25.1 Å². The molecule has 13 heteroatoms. The average molecular weight is 425 g/mol. The molecule has 0 spiro atoms. The predicted octanol–water partition coefficient (Wildman–Crippen LogP) is 3.15. The summed E-state index contributed by atoms with van der Waals surface area (Å²) in [7, 11) is 0. The van der Waals surface area contributed by atoms with Gasteiger partial charge in [-0.15, -0.1) is 0 Å². The number of alkyl halides is 6. The van der Waals surface area contributed by atoms with Gasteiger partial charge in [-0.1, -0.05) is 0 Å². The molecule has 1 aromatic carbocycles. The van der Waals surface area contributed by atoms with Crippen molar-refractivity contribution in [3.8, 4) is 0 Å².